The van der Waals surface area contributed by atoms with Crippen LogP contribution in [0.2, 0.25) is 0 Å². The Balaban J connectivity index is 1.94. The number of rotatable bonds is 5. The molecular formula is C22H26FNO3. The van der Waals surface area contributed by atoms with E-state index in [4.69, 9.17) is 4.74 Å². The lowest BCUT2D eigenvalue weighted by atomic mass is 9.91. The summed E-state index contributed by atoms with van der Waals surface area (Å²) in [4.78, 5) is 13.8. The van der Waals surface area contributed by atoms with Crippen LogP contribution in [0.15, 0.2) is 42.5 Å². The van der Waals surface area contributed by atoms with E-state index in [1.54, 1.807) is 18.2 Å². The van der Waals surface area contributed by atoms with E-state index in [1.165, 1.54) is 19.2 Å². The number of esters is 1. The monoisotopic (exact) mass is 371 g/mol. The second-order valence-corrected chi connectivity index (χ2v) is 7.32. The van der Waals surface area contributed by atoms with Crippen molar-refractivity contribution in [3.05, 3.63) is 65.0 Å². The number of carbonyl (C=O) groups is 1. The van der Waals surface area contributed by atoms with Gasteiger partial charge in [0.25, 0.3) is 0 Å². The zero-order valence-corrected chi connectivity index (χ0v) is 15.8. The molecule has 1 N–H and O–H groups in total. The minimum Gasteiger partial charge on any atom is -0.508 e. The van der Waals surface area contributed by atoms with Gasteiger partial charge in [0.15, 0.2) is 0 Å². The first-order valence-corrected chi connectivity index (χ1v) is 9.36. The number of methoxy groups -OCH3 is 1. The number of likely N-dealkylation sites (tertiary alicyclic amines) is 1. The number of aromatic hydroxyl groups is 1. The molecule has 144 valence electrons. The lowest BCUT2D eigenvalue weighted by Gasteiger charge is -2.37. The first-order valence-electron chi connectivity index (χ1n) is 9.36. The normalized spacial score (nSPS) is 16.9. The van der Waals surface area contributed by atoms with Crippen molar-refractivity contribution in [2.45, 2.75) is 32.2 Å². The van der Waals surface area contributed by atoms with Gasteiger partial charge in [-0.05, 0) is 61.2 Å². The second kappa shape index (κ2) is 8.53. The lowest BCUT2D eigenvalue weighted by Crippen LogP contribution is -2.36. The number of carbonyl (C=O) groups excluding carboxylic acids is 1. The van der Waals surface area contributed by atoms with Gasteiger partial charge in [0.2, 0.25) is 0 Å². The molecule has 1 atom stereocenters. The molecule has 3 rings (SSSR count). The first-order chi connectivity index (χ1) is 13.0. The van der Waals surface area contributed by atoms with Gasteiger partial charge in [-0.3, -0.25) is 9.69 Å². The van der Waals surface area contributed by atoms with Crippen LogP contribution < -0.4 is 0 Å². The third-order valence-corrected chi connectivity index (χ3v) is 5.33. The minimum atomic E-state index is -0.345. The molecular weight excluding hydrogens is 345 g/mol. The fraction of sp³-hybridized carbons (Fsp3) is 0.409. The average Bonchev–Trinajstić information content (AvgIpc) is 2.66. The Labute approximate surface area is 159 Å². The minimum absolute atomic E-state index is 0.118. The maximum absolute atomic E-state index is 13.4. The molecule has 0 saturated carbocycles. The van der Waals surface area contributed by atoms with Crippen molar-refractivity contribution in [3.8, 4) is 5.75 Å². The van der Waals surface area contributed by atoms with Gasteiger partial charge in [-0.2, -0.15) is 0 Å². The molecule has 1 aliphatic heterocycles. The van der Waals surface area contributed by atoms with Gasteiger partial charge in [-0.25, -0.2) is 4.39 Å². The zero-order valence-electron chi connectivity index (χ0n) is 15.8. The van der Waals surface area contributed by atoms with Gasteiger partial charge in [0.05, 0.1) is 19.6 Å². The summed E-state index contributed by atoms with van der Waals surface area (Å²) in [5.74, 6) is 0.208. The van der Waals surface area contributed by atoms with Crippen LogP contribution in [0.1, 0.15) is 42.5 Å². The standard InChI is InChI=1S/C22H26FNO3/c1-15-9-11-24(12-10-15)22(17-4-6-18(23)7-5-17)19-8-3-16(13-20(19)25)14-21(26)27-2/h3-8,13,15,22,25H,9-12,14H2,1-2H3/t22-/m0/s1. The van der Waals surface area contributed by atoms with Gasteiger partial charge in [-0.15, -0.1) is 0 Å². The van der Waals surface area contributed by atoms with Gasteiger partial charge < -0.3 is 9.84 Å². The zero-order chi connectivity index (χ0) is 19.4. The molecule has 0 amide bonds. The number of piperidine rings is 1. The molecule has 1 fully saturated rings. The highest BCUT2D eigenvalue weighted by molar-refractivity contribution is 5.72. The largest absolute Gasteiger partial charge is 0.508 e. The number of phenols is 1. The summed E-state index contributed by atoms with van der Waals surface area (Å²) in [7, 11) is 1.35. The van der Waals surface area contributed by atoms with Crippen molar-refractivity contribution in [2.24, 2.45) is 5.92 Å². The van der Waals surface area contributed by atoms with Crippen LogP contribution in [-0.2, 0) is 16.0 Å². The van der Waals surface area contributed by atoms with Crippen LogP contribution in [0.25, 0.3) is 0 Å². The van der Waals surface area contributed by atoms with E-state index in [0.29, 0.717) is 11.5 Å². The van der Waals surface area contributed by atoms with E-state index in [9.17, 15) is 14.3 Å². The van der Waals surface area contributed by atoms with Crippen LogP contribution in [-0.4, -0.2) is 36.2 Å². The highest BCUT2D eigenvalue weighted by Gasteiger charge is 2.28. The van der Waals surface area contributed by atoms with Crippen molar-refractivity contribution in [1.29, 1.82) is 0 Å². The number of halogens is 1. The quantitative estimate of drug-likeness (QED) is 0.805. The van der Waals surface area contributed by atoms with Crippen molar-refractivity contribution in [2.75, 3.05) is 20.2 Å². The van der Waals surface area contributed by atoms with E-state index in [2.05, 4.69) is 11.8 Å². The third-order valence-electron chi connectivity index (χ3n) is 5.33. The van der Waals surface area contributed by atoms with E-state index < -0.39 is 0 Å². The fourth-order valence-electron chi connectivity index (χ4n) is 3.69. The maximum Gasteiger partial charge on any atom is 0.309 e. The summed E-state index contributed by atoms with van der Waals surface area (Å²) in [6.07, 6.45) is 2.31. The van der Waals surface area contributed by atoms with Crippen LogP contribution in [0.3, 0.4) is 0 Å². The Morgan fingerprint density at radius 3 is 2.48 bits per heavy atom. The highest BCUT2D eigenvalue weighted by atomic mass is 19.1. The lowest BCUT2D eigenvalue weighted by molar-refractivity contribution is -0.139. The van der Waals surface area contributed by atoms with Gasteiger partial charge in [0, 0.05) is 5.56 Å². The van der Waals surface area contributed by atoms with E-state index in [-0.39, 0.29) is 30.0 Å². The maximum atomic E-state index is 13.4. The van der Waals surface area contributed by atoms with Crippen molar-refractivity contribution >= 4 is 5.97 Å². The fourth-order valence-corrected chi connectivity index (χ4v) is 3.69. The molecule has 27 heavy (non-hydrogen) atoms. The number of phenolic OH excluding ortho intramolecular Hbond substituents is 1. The smallest absolute Gasteiger partial charge is 0.309 e. The molecule has 5 heteroatoms. The van der Waals surface area contributed by atoms with E-state index in [0.717, 1.165) is 37.1 Å². The Bertz CT molecular complexity index is 783. The first kappa shape index (κ1) is 19.4. The van der Waals surface area contributed by atoms with Crippen LogP contribution in [0.5, 0.6) is 5.75 Å². The van der Waals surface area contributed by atoms with Crippen LogP contribution in [0, 0.1) is 11.7 Å². The number of ether oxygens (including phenoxy) is 1. The molecule has 1 aliphatic rings. The molecule has 0 radical (unpaired) electrons. The Morgan fingerprint density at radius 1 is 1.22 bits per heavy atom. The number of benzene rings is 2. The molecule has 2 aromatic rings. The topological polar surface area (TPSA) is 49.8 Å². The van der Waals surface area contributed by atoms with Crippen LogP contribution in [0.4, 0.5) is 4.39 Å². The average molecular weight is 371 g/mol. The van der Waals surface area contributed by atoms with Gasteiger partial charge in [-0.1, -0.05) is 31.2 Å². The van der Waals surface area contributed by atoms with E-state index >= 15 is 0 Å². The summed E-state index contributed by atoms with van der Waals surface area (Å²) in [6.45, 7) is 4.10. The summed E-state index contributed by atoms with van der Waals surface area (Å²) in [5.41, 5.74) is 2.42. The summed E-state index contributed by atoms with van der Waals surface area (Å²) in [5, 5.41) is 10.7. The highest BCUT2D eigenvalue weighted by Crippen LogP contribution is 2.37. The van der Waals surface area contributed by atoms with Crippen LogP contribution >= 0.6 is 0 Å². The molecule has 0 spiro atoms. The SMILES string of the molecule is COC(=O)Cc1ccc([C@H](c2ccc(F)cc2)N2CCC(C)CC2)c(O)c1. The molecule has 0 bridgehead atoms. The summed E-state index contributed by atoms with van der Waals surface area (Å²) >= 11 is 0. The molecule has 0 unspecified atom stereocenters. The molecule has 0 aromatic heterocycles. The summed E-state index contributed by atoms with van der Waals surface area (Å²) in [6, 6.07) is 11.6. The molecule has 1 saturated heterocycles. The van der Waals surface area contributed by atoms with E-state index in [1.807, 2.05) is 12.1 Å². The number of hydrogen-bond donors (Lipinski definition) is 1. The second-order valence-electron chi connectivity index (χ2n) is 7.32. The van der Waals surface area contributed by atoms with Gasteiger partial charge in [0.1, 0.15) is 11.6 Å². The Hall–Kier alpha value is -2.40. The predicted molar refractivity (Wildman–Crippen MR) is 102 cm³/mol. The van der Waals surface area contributed by atoms with Crippen molar-refractivity contribution in [3.63, 3.8) is 0 Å². The molecule has 2 aromatic carbocycles. The number of hydrogen-bond acceptors (Lipinski definition) is 4. The van der Waals surface area contributed by atoms with Crippen molar-refractivity contribution in [1.82, 2.24) is 4.90 Å². The Kier molecular flexibility index (Phi) is 6.11. The third kappa shape index (κ3) is 4.66. The van der Waals surface area contributed by atoms with Crippen molar-refractivity contribution < 1.29 is 19.0 Å². The van der Waals surface area contributed by atoms with Gasteiger partial charge >= 0.3 is 5.97 Å². The number of nitrogens with zero attached hydrogens (tertiary/aromatic N) is 1. The predicted octanol–water partition coefficient (Wildman–Crippen LogP) is 4.07. The molecule has 4 nitrogen and oxygen atoms in total. The summed E-state index contributed by atoms with van der Waals surface area (Å²) < 4.78 is 18.1. The molecule has 0 aliphatic carbocycles. The Morgan fingerprint density at radius 2 is 1.89 bits per heavy atom. The molecule has 1 heterocycles.